The van der Waals surface area contributed by atoms with Gasteiger partial charge < -0.3 is 15.2 Å². The molecule has 1 aliphatic rings. The maximum absolute atomic E-state index is 11.9. The fraction of sp³-hybridized carbons (Fsp3) is 0.381. The summed E-state index contributed by atoms with van der Waals surface area (Å²) < 4.78 is 6.73. The fourth-order valence-corrected chi connectivity index (χ4v) is 3.83. The van der Waals surface area contributed by atoms with Crippen LogP contribution >= 0.6 is 11.6 Å². The van der Waals surface area contributed by atoms with Gasteiger partial charge in [0.05, 0.1) is 11.4 Å². The number of aliphatic carboxylic acids is 1. The van der Waals surface area contributed by atoms with Gasteiger partial charge in [-0.05, 0) is 44.9 Å². The number of carboxylic acids is 1. The lowest BCUT2D eigenvalue weighted by Gasteiger charge is -2.15. The number of nitrogens with zero attached hydrogens (tertiary/aromatic N) is 2. The van der Waals surface area contributed by atoms with E-state index in [1.807, 2.05) is 49.7 Å². The van der Waals surface area contributed by atoms with E-state index >= 15 is 0 Å². The lowest BCUT2D eigenvalue weighted by atomic mass is 9.96. The lowest BCUT2D eigenvalue weighted by molar-refractivity contribution is -0.143. The average Bonchev–Trinajstić information content (AvgIpc) is 3.20. The number of allylic oxidation sites excluding steroid dienone is 1. The standard InChI is InChI=1S/C21H24ClN3O4/c1-12-4-7-17(9-18(12)22)25-14(3)21(13(2)24-25)15-5-6-16(8-15)23-19(26)10-29-11-20(27)28/h4-7,9,15-16H,8,10-11H2,1-3H3,(H,23,26)(H,27,28)/t15-,16-/m1/s1. The van der Waals surface area contributed by atoms with Gasteiger partial charge in [0.15, 0.2) is 0 Å². The second kappa shape index (κ2) is 8.80. The van der Waals surface area contributed by atoms with Crippen LogP contribution in [0.2, 0.25) is 5.02 Å². The Labute approximate surface area is 174 Å². The molecule has 29 heavy (non-hydrogen) atoms. The van der Waals surface area contributed by atoms with Gasteiger partial charge in [-0.25, -0.2) is 9.48 Å². The molecule has 0 bridgehead atoms. The Kier molecular flexibility index (Phi) is 6.39. The zero-order valence-corrected chi connectivity index (χ0v) is 17.4. The molecule has 2 N–H and O–H groups in total. The molecule has 0 saturated heterocycles. The van der Waals surface area contributed by atoms with Crippen molar-refractivity contribution in [2.24, 2.45) is 0 Å². The number of carbonyl (C=O) groups excluding carboxylic acids is 1. The van der Waals surface area contributed by atoms with E-state index in [4.69, 9.17) is 26.5 Å². The Morgan fingerprint density at radius 1 is 1.28 bits per heavy atom. The van der Waals surface area contributed by atoms with Gasteiger partial charge in [-0.2, -0.15) is 5.10 Å². The summed E-state index contributed by atoms with van der Waals surface area (Å²) in [6.07, 6.45) is 4.75. The van der Waals surface area contributed by atoms with Crippen molar-refractivity contribution in [2.75, 3.05) is 13.2 Å². The highest BCUT2D eigenvalue weighted by Crippen LogP contribution is 2.34. The van der Waals surface area contributed by atoms with Crippen LogP contribution in [0.25, 0.3) is 5.69 Å². The van der Waals surface area contributed by atoms with Crippen molar-refractivity contribution in [1.29, 1.82) is 0 Å². The highest BCUT2D eigenvalue weighted by molar-refractivity contribution is 6.31. The van der Waals surface area contributed by atoms with Crippen LogP contribution < -0.4 is 5.32 Å². The number of aryl methyl sites for hydroxylation is 2. The number of carboxylic acid groups (broad SMARTS) is 1. The number of benzene rings is 1. The molecule has 0 aliphatic heterocycles. The summed E-state index contributed by atoms with van der Waals surface area (Å²) in [6.45, 7) is 5.21. The molecule has 1 aromatic carbocycles. The minimum Gasteiger partial charge on any atom is -0.480 e. The van der Waals surface area contributed by atoms with E-state index in [-0.39, 0.29) is 24.5 Å². The molecular weight excluding hydrogens is 394 g/mol. The van der Waals surface area contributed by atoms with Crippen molar-refractivity contribution >= 4 is 23.5 Å². The molecule has 1 aromatic heterocycles. The smallest absolute Gasteiger partial charge is 0.329 e. The normalized spacial score (nSPS) is 18.2. The van der Waals surface area contributed by atoms with Gasteiger partial charge in [0.1, 0.15) is 13.2 Å². The Morgan fingerprint density at radius 2 is 2.03 bits per heavy atom. The summed E-state index contributed by atoms with van der Waals surface area (Å²) in [5, 5.41) is 16.8. The molecule has 154 valence electrons. The number of rotatable bonds is 7. The SMILES string of the molecule is Cc1ccc(-n2nc(C)c([C@@H]3C=C[C@@H](NC(=O)COCC(=O)O)C3)c2C)cc1Cl. The van der Waals surface area contributed by atoms with Gasteiger partial charge in [0.25, 0.3) is 0 Å². The molecule has 1 heterocycles. The number of aromatic nitrogens is 2. The lowest BCUT2D eigenvalue weighted by Crippen LogP contribution is -2.35. The van der Waals surface area contributed by atoms with Crippen LogP contribution in [0.3, 0.4) is 0 Å². The number of amides is 1. The molecule has 0 fully saturated rings. The summed E-state index contributed by atoms with van der Waals surface area (Å²) in [5.74, 6) is -1.30. The monoisotopic (exact) mass is 417 g/mol. The van der Waals surface area contributed by atoms with Gasteiger partial charge in [0, 0.05) is 28.2 Å². The van der Waals surface area contributed by atoms with Crippen LogP contribution in [0.15, 0.2) is 30.4 Å². The van der Waals surface area contributed by atoms with Crippen LogP contribution in [-0.2, 0) is 14.3 Å². The second-order valence-electron chi connectivity index (χ2n) is 7.22. The Morgan fingerprint density at radius 3 is 2.72 bits per heavy atom. The summed E-state index contributed by atoms with van der Waals surface area (Å²) in [7, 11) is 0. The van der Waals surface area contributed by atoms with Crippen molar-refractivity contribution < 1.29 is 19.4 Å². The van der Waals surface area contributed by atoms with E-state index in [2.05, 4.69) is 11.4 Å². The third kappa shape index (κ3) is 4.86. The first-order valence-corrected chi connectivity index (χ1v) is 9.74. The van der Waals surface area contributed by atoms with Crippen molar-refractivity contribution in [3.63, 3.8) is 0 Å². The van der Waals surface area contributed by atoms with Gasteiger partial charge in [0.2, 0.25) is 5.91 Å². The van der Waals surface area contributed by atoms with Gasteiger partial charge in [-0.15, -0.1) is 0 Å². The Bertz CT molecular complexity index is 967. The molecule has 2 atom stereocenters. The van der Waals surface area contributed by atoms with E-state index in [9.17, 15) is 9.59 Å². The highest BCUT2D eigenvalue weighted by Gasteiger charge is 2.27. The molecule has 0 unspecified atom stereocenters. The van der Waals surface area contributed by atoms with Crippen LogP contribution in [-0.4, -0.2) is 46.0 Å². The van der Waals surface area contributed by atoms with Crippen LogP contribution in [0, 0.1) is 20.8 Å². The molecule has 3 rings (SSSR count). The largest absolute Gasteiger partial charge is 0.480 e. The van der Waals surface area contributed by atoms with Crippen LogP contribution in [0.4, 0.5) is 0 Å². The molecule has 0 saturated carbocycles. The predicted molar refractivity (Wildman–Crippen MR) is 110 cm³/mol. The van der Waals surface area contributed by atoms with Crippen LogP contribution in [0.1, 0.15) is 34.9 Å². The first-order chi connectivity index (χ1) is 13.8. The maximum Gasteiger partial charge on any atom is 0.329 e. The summed E-state index contributed by atoms with van der Waals surface area (Å²) >= 11 is 6.28. The fourth-order valence-electron chi connectivity index (χ4n) is 3.66. The predicted octanol–water partition coefficient (Wildman–Crippen LogP) is 3.08. The van der Waals surface area contributed by atoms with Gasteiger partial charge >= 0.3 is 5.97 Å². The van der Waals surface area contributed by atoms with Crippen molar-refractivity contribution in [2.45, 2.75) is 39.2 Å². The van der Waals surface area contributed by atoms with Gasteiger partial charge in [-0.3, -0.25) is 4.79 Å². The number of carbonyl (C=O) groups is 2. The molecule has 2 aromatic rings. The first-order valence-electron chi connectivity index (χ1n) is 9.36. The number of ether oxygens (including phenoxy) is 1. The van der Waals surface area contributed by atoms with E-state index in [1.165, 1.54) is 0 Å². The summed E-state index contributed by atoms with van der Waals surface area (Å²) in [4.78, 5) is 22.4. The summed E-state index contributed by atoms with van der Waals surface area (Å²) in [6, 6.07) is 5.75. The minimum absolute atomic E-state index is 0.128. The number of hydrogen-bond donors (Lipinski definition) is 2. The van der Waals surface area contributed by atoms with E-state index in [0.29, 0.717) is 11.4 Å². The number of halogens is 1. The molecule has 1 amide bonds. The average molecular weight is 418 g/mol. The maximum atomic E-state index is 11.9. The van der Waals surface area contributed by atoms with Gasteiger partial charge in [-0.1, -0.05) is 29.8 Å². The molecule has 1 aliphatic carbocycles. The summed E-state index contributed by atoms with van der Waals surface area (Å²) in [5.41, 5.74) is 5.04. The number of hydrogen-bond acceptors (Lipinski definition) is 4. The molecular formula is C21H24ClN3O4. The molecule has 8 heteroatoms. The minimum atomic E-state index is -1.10. The van der Waals surface area contributed by atoms with Crippen LogP contribution in [0.5, 0.6) is 0 Å². The van der Waals surface area contributed by atoms with Crippen molar-refractivity contribution in [3.8, 4) is 5.69 Å². The van der Waals surface area contributed by atoms with E-state index < -0.39 is 12.6 Å². The zero-order chi connectivity index (χ0) is 21.1. The quantitative estimate of drug-likeness (QED) is 0.675. The zero-order valence-electron chi connectivity index (χ0n) is 16.6. The molecule has 0 spiro atoms. The third-order valence-corrected chi connectivity index (χ3v) is 5.41. The van der Waals surface area contributed by atoms with E-state index in [1.54, 1.807) is 0 Å². The number of nitrogens with one attached hydrogen (secondary N) is 1. The third-order valence-electron chi connectivity index (χ3n) is 5.01. The molecule has 0 radical (unpaired) electrons. The second-order valence-corrected chi connectivity index (χ2v) is 7.62. The molecule has 7 nitrogen and oxygen atoms in total. The first kappa shape index (κ1) is 21.1. The van der Waals surface area contributed by atoms with E-state index in [0.717, 1.165) is 28.2 Å². The topological polar surface area (TPSA) is 93.5 Å². The Balaban J connectivity index is 1.68. The van der Waals surface area contributed by atoms with Crippen molar-refractivity contribution in [1.82, 2.24) is 15.1 Å². The van der Waals surface area contributed by atoms with Crippen molar-refractivity contribution in [3.05, 3.63) is 57.9 Å². The Hall–Kier alpha value is -2.64. The highest BCUT2D eigenvalue weighted by atomic mass is 35.5.